The molecule has 0 saturated heterocycles. The van der Waals surface area contributed by atoms with Crippen molar-refractivity contribution in [2.75, 3.05) is 17.2 Å². The largest absolute Gasteiger partial charge is 0.505 e. The number of anilines is 4. The lowest BCUT2D eigenvalue weighted by Crippen LogP contribution is -2.09. The fraction of sp³-hybridized carbons (Fsp3) is 0.0513. The number of phenols is 2. The number of benzene rings is 6. The molecule has 0 aliphatic rings. The van der Waals surface area contributed by atoms with Crippen molar-refractivity contribution in [2.45, 2.75) is 41.2 Å². The Morgan fingerprint density at radius 2 is 1.08 bits per heavy atom. The maximum absolute atomic E-state index is 12.7. The van der Waals surface area contributed by atoms with Crippen molar-refractivity contribution in [3.05, 3.63) is 90.8 Å². The van der Waals surface area contributed by atoms with Gasteiger partial charge in [-0.25, -0.2) is 13.7 Å². The summed E-state index contributed by atoms with van der Waals surface area (Å²) < 4.78 is 208. The zero-order chi connectivity index (χ0) is 57.5. The Bertz CT molecular complexity index is 4420. The smallest absolute Gasteiger partial charge is 0.323 e. The van der Waals surface area contributed by atoms with Gasteiger partial charge in [-0.15, -0.1) is 19.7 Å². The molecule has 0 unspecified atom stereocenters. The standard InChI is InChI=1S/C39H31N9O23S7/c1-3-69-39-43-37(42-38(44-39)41-27-17-24(76(60,61)62)12-19-14-30(78(66,67)68)34(36(50)32(19)27)48-45-20-5-7-21(8-6-20)74(54,55)56)40-26-16-23(75(57,58)59)11-18-13-28(72-71-70-51)33(35(49)31(18)26)47-46-25-15-22(73(52,53)4-2)9-10-29(25)77(63,64)65/h4-17,49-51H,2-3H2,1H3,(H,54,55,56)(H,57,58,59)(H,60,61,62)(H,63,64,65)(H,66,67,68)(H2,40,41,42,43,44). The average Bonchev–Trinajstić information content (AvgIpc) is 3.46. The van der Waals surface area contributed by atoms with Gasteiger partial charge < -0.3 is 25.6 Å². The number of sulfone groups is 1. The quantitative estimate of drug-likeness (QED) is 0.0122. The molecule has 1 heterocycles. The van der Waals surface area contributed by atoms with Crippen molar-refractivity contribution < 1.29 is 103 Å². The van der Waals surface area contributed by atoms with E-state index in [9.17, 15) is 83.5 Å². The molecule has 32 nitrogen and oxygen atoms in total. The van der Waals surface area contributed by atoms with Gasteiger partial charge in [0.25, 0.3) is 50.6 Å². The molecular weight excluding hydrogens is 1190 g/mol. The van der Waals surface area contributed by atoms with Crippen LogP contribution in [0.4, 0.5) is 46.0 Å². The Morgan fingerprint density at radius 1 is 0.577 bits per heavy atom. The molecule has 10 N–H and O–H groups in total. The van der Waals surface area contributed by atoms with Gasteiger partial charge in [-0.2, -0.15) is 62.2 Å². The van der Waals surface area contributed by atoms with Gasteiger partial charge in [-0.3, -0.25) is 22.8 Å². The van der Waals surface area contributed by atoms with E-state index in [4.69, 9.17) is 9.99 Å². The maximum Gasteiger partial charge on any atom is 0.323 e. The molecule has 0 aliphatic heterocycles. The molecule has 6 aromatic carbocycles. The number of hydrogen-bond donors (Lipinski definition) is 10. The Hall–Kier alpha value is -7.48. The molecular formula is C39H31N9O23S7. The second-order valence-electron chi connectivity index (χ2n) is 15.1. The number of rotatable bonds is 20. The highest BCUT2D eigenvalue weighted by atomic mass is 32.2. The molecule has 0 spiro atoms. The van der Waals surface area contributed by atoms with Gasteiger partial charge >= 0.3 is 6.01 Å². The number of aromatic hydroxyl groups is 2. The lowest BCUT2D eigenvalue weighted by Gasteiger charge is -2.17. The van der Waals surface area contributed by atoms with E-state index in [1.807, 2.05) is 0 Å². The third-order valence-electron chi connectivity index (χ3n) is 10.1. The minimum absolute atomic E-state index is 0.0718. The Balaban J connectivity index is 1.43. The highest BCUT2D eigenvalue weighted by molar-refractivity contribution is 7.95. The molecule has 0 saturated carbocycles. The van der Waals surface area contributed by atoms with Crippen LogP contribution in [-0.4, -0.2) is 110 Å². The van der Waals surface area contributed by atoms with Gasteiger partial charge in [0.15, 0.2) is 21.3 Å². The SMILES string of the molecule is C=CS(=O)(=O)c1ccc(S(=O)(=O)O)c(N=Nc2c(SOOO)cc3cc(S(=O)(=O)O)cc(Nc4nc(Nc5cc(S(=O)(=O)O)cc6cc(S(=O)(=O)O)c(N=Nc7ccc(S(=O)(=O)O)cc7)c(O)c56)nc(OCC)n4)c3c2O)c1. The molecule has 78 heavy (non-hydrogen) atoms. The summed E-state index contributed by atoms with van der Waals surface area (Å²) in [5.41, 5.74) is -3.94. The van der Waals surface area contributed by atoms with Crippen LogP contribution >= 0.6 is 12.0 Å². The third-order valence-corrected chi connectivity index (χ3v) is 16.3. The Morgan fingerprint density at radius 3 is 1.56 bits per heavy atom. The fourth-order valence-electron chi connectivity index (χ4n) is 6.79. The van der Waals surface area contributed by atoms with Crippen molar-refractivity contribution >= 4 is 140 Å². The lowest BCUT2D eigenvalue weighted by atomic mass is 10.1. The van der Waals surface area contributed by atoms with E-state index in [0.717, 1.165) is 42.5 Å². The van der Waals surface area contributed by atoms with Crippen molar-refractivity contribution in [1.82, 2.24) is 15.0 Å². The number of hydrogen-bond acceptors (Lipinski definition) is 28. The normalized spacial score (nSPS) is 12.9. The van der Waals surface area contributed by atoms with Gasteiger partial charge in [-0.1, -0.05) is 11.6 Å². The zero-order valence-electron chi connectivity index (χ0n) is 38.2. The van der Waals surface area contributed by atoms with Gasteiger partial charge in [0.1, 0.15) is 26.9 Å². The monoisotopic (exact) mass is 1220 g/mol. The average molecular weight is 1220 g/mol. The van der Waals surface area contributed by atoms with Crippen LogP contribution in [0.3, 0.4) is 0 Å². The first-order chi connectivity index (χ1) is 36.2. The van der Waals surface area contributed by atoms with E-state index in [2.05, 4.69) is 62.0 Å². The summed E-state index contributed by atoms with van der Waals surface area (Å²) in [6.07, 6.45) is 0. The van der Waals surface area contributed by atoms with Crippen LogP contribution < -0.4 is 15.4 Å². The maximum atomic E-state index is 12.7. The molecule has 39 heteroatoms. The first-order valence-electron chi connectivity index (χ1n) is 20.3. The van der Waals surface area contributed by atoms with Crippen LogP contribution in [0.1, 0.15) is 6.92 Å². The van der Waals surface area contributed by atoms with Crippen LogP contribution in [0, 0.1) is 0 Å². The number of fused-ring (bicyclic) bond motifs is 2. The van der Waals surface area contributed by atoms with Crippen molar-refractivity contribution in [1.29, 1.82) is 0 Å². The molecule has 0 fully saturated rings. The highest BCUT2D eigenvalue weighted by Gasteiger charge is 2.28. The van der Waals surface area contributed by atoms with Crippen LogP contribution in [-0.2, 0) is 69.8 Å². The number of nitrogens with one attached hydrogen (secondary N) is 2. The first kappa shape index (κ1) is 58.2. The van der Waals surface area contributed by atoms with Crippen LogP contribution in [0.15, 0.2) is 146 Å². The molecule has 1 aromatic heterocycles. The zero-order valence-corrected chi connectivity index (χ0v) is 43.9. The summed E-state index contributed by atoms with van der Waals surface area (Å²) in [6.45, 7) is 4.46. The summed E-state index contributed by atoms with van der Waals surface area (Å²) in [5, 5.41) is 55.0. The number of aromatic nitrogens is 3. The third kappa shape index (κ3) is 12.9. The van der Waals surface area contributed by atoms with E-state index in [0.29, 0.717) is 41.8 Å². The number of nitrogens with zero attached hydrogens (tertiary/aromatic N) is 7. The van der Waals surface area contributed by atoms with Crippen molar-refractivity contribution in [3.63, 3.8) is 0 Å². The van der Waals surface area contributed by atoms with Crippen molar-refractivity contribution in [3.8, 4) is 17.5 Å². The number of ether oxygens (including phenoxy) is 1. The molecule has 0 radical (unpaired) electrons. The van der Waals surface area contributed by atoms with Gasteiger partial charge in [0, 0.05) is 16.2 Å². The van der Waals surface area contributed by atoms with Gasteiger partial charge in [0.2, 0.25) is 11.9 Å². The van der Waals surface area contributed by atoms with E-state index >= 15 is 0 Å². The van der Waals surface area contributed by atoms with E-state index in [1.54, 1.807) is 0 Å². The summed E-state index contributed by atoms with van der Waals surface area (Å²) in [4.78, 5) is 6.68. The molecule has 0 atom stereocenters. The van der Waals surface area contributed by atoms with E-state index in [-0.39, 0.29) is 29.7 Å². The molecule has 7 rings (SSSR count). The van der Waals surface area contributed by atoms with Crippen LogP contribution in [0.2, 0.25) is 0 Å². The summed E-state index contributed by atoms with van der Waals surface area (Å²) in [5.74, 6) is -3.55. The number of phenolic OH excluding ortho intramolecular Hbond substituents is 2. The Kier molecular flexibility index (Phi) is 16.2. The highest BCUT2D eigenvalue weighted by Crippen LogP contribution is 2.49. The summed E-state index contributed by atoms with van der Waals surface area (Å²) >= 11 is 0.0718. The molecule has 7 aromatic rings. The van der Waals surface area contributed by atoms with Gasteiger partial charge in [0.05, 0.1) is 60.2 Å². The second kappa shape index (κ2) is 21.7. The van der Waals surface area contributed by atoms with Crippen LogP contribution in [0.25, 0.3) is 21.5 Å². The summed E-state index contributed by atoms with van der Waals surface area (Å²) in [7, 11) is -29.9. The predicted molar refractivity (Wildman–Crippen MR) is 267 cm³/mol. The van der Waals surface area contributed by atoms with E-state index < -0.39 is 169 Å². The minimum Gasteiger partial charge on any atom is -0.505 e. The minimum atomic E-state index is -5.39. The molecule has 0 bridgehead atoms. The first-order valence-corrected chi connectivity index (χ1v) is 29.8. The molecule has 0 aliphatic carbocycles. The predicted octanol–water partition coefficient (Wildman–Crippen LogP) is 6.88. The summed E-state index contributed by atoms with van der Waals surface area (Å²) in [6, 6.07) is 9.79. The number of azo groups is 2. The molecule has 412 valence electrons. The van der Waals surface area contributed by atoms with Gasteiger partial charge in [-0.05, 0) is 96.6 Å². The van der Waals surface area contributed by atoms with E-state index in [1.165, 1.54) is 6.92 Å². The molecule has 0 amide bonds. The topological polar surface area (TPSA) is 507 Å². The Labute approximate surface area is 442 Å². The fourth-order valence-corrected chi connectivity index (χ4v) is 10.8. The van der Waals surface area contributed by atoms with Crippen LogP contribution in [0.5, 0.6) is 17.5 Å². The second-order valence-corrected chi connectivity index (χ2v) is 24.7. The lowest BCUT2D eigenvalue weighted by molar-refractivity contribution is -0.432. The van der Waals surface area contributed by atoms with Crippen molar-refractivity contribution in [2.24, 2.45) is 20.5 Å².